The summed E-state index contributed by atoms with van der Waals surface area (Å²) < 4.78 is 0. The molecule has 1 fully saturated rings. The normalized spacial score (nSPS) is 17.6. The highest BCUT2D eigenvalue weighted by Gasteiger charge is 2.33. The van der Waals surface area contributed by atoms with Crippen LogP contribution < -0.4 is 5.32 Å². The molecular weight excluding hydrogens is 266 g/mol. The van der Waals surface area contributed by atoms with E-state index in [4.69, 9.17) is 5.26 Å². The van der Waals surface area contributed by atoms with Crippen LogP contribution in [0.4, 0.5) is 5.69 Å². The molecule has 110 valence electrons. The van der Waals surface area contributed by atoms with Crippen LogP contribution in [-0.2, 0) is 9.59 Å². The Labute approximate surface area is 124 Å². The van der Waals surface area contributed by atoms with Crippen molar-refractivity contribution in [3.05, 3.63) is 29.8 Å². The lowest BCUT2D eigenvalue weighted by Gasteiger charge is -2.15. The second-order valence-corrected chi connectivity index (χ2v) is 5.27. The van der Waals surface area contributed by atoms with Crippen molar-refractivity contribution in [1.82, 2.24) is 4.90 Å². The lowest BCUT2D eigenvalue weighted by molar-refractivity contribution is -0.128. The predicted octanol–water partition coefficient (Wildman–Crippen LogP) is 2.15. The molecule has 0 spiro atoms. The number of nitrogens with zero attached hydrogens (tertiary/aromatic N) is 2. The average molecular weight is 285 g/mol. The zero-order chi connectivity index (χ0) is 15.2. The minimum absolute atomic E-state index is 0.0587. The van der Waals surface area contributed by atoms with Crippen molar-refractivity contribution >= 4 is 17.5 Å². The van der Waals surface area contributed by atoms with Gasteiger partial charge in [0.25, 0.3) is 0 Å². The highest BCUT2D eigenvalue weighted by molar-refractivity contribution is 5.97. The number of nitrogens with one attached hydrogen (secondary N) is 1. The van der Waals surface area contributed by atoms with Crippen molar-refractivity contribution in [3.8, 4) is 6.07 Å². The van der Waals surface area contributed by atoms with E-state index in [1.807, 2.05) is 6.07 Å². The van der Waals surface area contributed by atoms with Gasteiger partial charge in [-0.15, -0.1) is 0 Å². The number of amides is 2. The Bertz CT molecular complexity index is 560. The Morgan fingerprint density at radius 1 is 1.43 bits per heavy atom. The van der Waals surface area contributed by atoms with Gasteiger partial charge in [0, 0.05) is 25.2 Å². The van der Waals surface area contributed by atoms with Crippen LogP contribution in [0.1, 0.15) is 31.7 Å². The van der Waals surface area contributed by atoms with E-state index in [0.717, 1.165) is 19.4 Å². The summed E-state index contributed by atoms with van der Waals surface area (Å²) in [4.78, 5) is 25.8. The Morgan fingerprint density at radius 2 is 2.14 bits per heavy atom. The van der Waals surface area contributed by atoms with Gasteiger partial charge in [0.1, 0.15) is 0 Å². The van der Waals surface area contributed by atoms with Crippen molar-refractivity contribution in [3.63, 3.8) is 0 Å². The molecule has 1 aromatic carbocycles. The molecular formula is C16H19N3O2. The second-order valence-electron chi connectivity index (χ2n) is 5.27. The predicted molar refractivity (Wildman–Crippen MR) is 79.4 cm³/mol. The van der Waals surface area contributed by atoms with Gasteiger partial charge in [-0.25, -0.2) is 0 Å². The third-order valence-electron chi connectivity index (χ3n) is 3.65. The molecule has 1 aliphatic rings. The van der Waals surface area contributed by atoms with E-state index in [-0.39, 0.29) is 24.2 Å². The molecule has 5 heteroatoms. The lowest BCUT2D eigenvalue weighted by atomic mass is 10.1. The number of hydrogen-bond donors (Lipinski definition) is 1. The quantitative estimate of drug-likeness (QED) is 0.900. The van der Waals surface area contributed by atoms with Gasteiger partial charge in [-0.2, -0.15) is 5.26 Å². The number of likely N-dealkylation sites (tertiary alicyclic amines) is 1. The lowest BCUT2D eigenvalue weighted by Crippen LogP contribution is -2.29. The van der Waals surface area contributed by atoms with E-state index < -0.39 is 0 Å². The van der Waals surface area contributed by atoms with Gasteiger partial charge in [0.05, 0.1) is 17.6 Å². The number of unbranched alkanes of at least 4 members (excludes halogenated alkanes) is 1. The van der Waals surface area contributed by atoms with Crippen molar-refractivity contribution in [1.29, 1.82) is 5.26 Å². The van der Waals surface area contributed by atoms with Crippen LogP contribution in [0.2, 0.25) is 0 Å². The van der Waals surface area contributed by atoms with Crippen LogP contribution >= 0.6 is 0 Å². The molecule has 1 heterocycles. The maximum Gasteiger partial charge on any atom is 0.229 e. The smallest absolute Gasteiger partial charge is 0.229 e. The minimum atomic E-state index is -0.287. The van der Waals surface area contributed by atoms with Crippen molar-refractivity contribution < 1.29 is 9.59 Å². The molecule has 0 bridgehead atoms. The first-order valence-electron chi connectivity index (χ1n) is 7.23. The Hall–Kier alpha value is -2.35. The number of hydrogen-bond acceptors (Lipinski definition) is 3. The van der Waals surface area contributed by atoms with Crippen LogP contribution in [0.5, 0.6) is 0 Å². The Balaban J connectivity index is 1.91. The average Bonchev–Trinajstić information content (AvgIpc) is 2.87. The van der Waals surface area contributed by atoms with Crippen LogP contribution in [0.3, 0.4) is 0 Å². The van der Waals surface area contributed by atoms with Crippen molar-refractivity contribution in [2.75, 3.05) is 18.4 Å². The monoisotopic (exact) mass is 285 g/mol. The van der Waals surface area contributed by atoms with Crippen LogP contribution in [0.25, 0.3) is 0 Å². The van der Waals surface area contributed by atoms with Gasteiger partial charge in [-0.3, -0.25) is 9.59 Å². The molecule has 1 N–H and O–H groups in total. The summed E-state index contributed by atoms with van der Waals surface area (Å²) in [5.74, 6) is -0.361. The molecule has 0 saturated carbocycles. The summed E-state index contributed by atoms with van der Waals surface area (Å²) in [5, 5.41) is 11.5. The van der Waals surface area contributed by atoms with E-state index in [0.29, 0.717) is 17.8 Å². The van der Waals surface area contributed by atoms with Crippen LogP contribution in [0.15, 0.2) is 24.3 Å². The number of rotatable bonds is 5. The van der Waals surface area contributed by atoms with Gasteiger partial charge < -0.3 is 10.2 Å². The number of carbonyl (C=O) groups excluding carboxylic acids is 2. The molecule has 1 atom stereocenters. The van der Waals surface area contributed by atoms with E-state index in [1.165, 1.54) is 0 Å². The van der Waals surface area contributed by atoms with Crippen LogP contribution in [-0.4, -0.2) is 29.8 Å². The molecule has 1 aromatic rings. The topological polar surface area (TPSA) is 73.2 Å². The van der Waals surface area contributed by atoms with Gasteiger partial charge >= 0.3 is 0 Å². The molecule has 0 aromatic heterocycles. The largest absolute Gasteiger partial charge is 0.342 e. The Kier molecular flexibility index (Phi) is 4.94. The first kappa shape index (κ1) is 15.0. The number of anilines is 1. The molecule has 1 saturated heterocycles. The molecule has 2 amide bonds. The fourth-order valence-electron chi connectivity index (χ4n) is 2.39. The van der Waals surface area contributed by atoms with Crippen LogP contribution in [0, 0.1) is 17.2 Å². The molecule has 0 radical (unpaired) electrons. The molecule has 21 heavy (non-hydrogen) atoms. The zero-order valence-electron chi connectivity index (χ0n) is 12.1. The van der Waals surface area contributed by atoms with E-state index in [1.54, 1.807) is 29.2 Å². The molecule has 2 rings (SSSR count). The summed E-state index contributed by atoms with van der Waals surface area (Å²) >= 11 is 0. The highest BCUT2D eigenvalue weighted by Crippen LogP contribution is 2.20. The number of benzene rings is 1. The van der Waals surface area contributed by atoms with E-state index in [9.17, 15) is 9.59 Å². The van der Waals surface area contributed by atoms with Gasteiger partial charge in [-0.1, -0.05) is 13.3 Å². The third kappa shape index (κ3) is 3.82. The standard InChI is InChI=1S/C16H19N3O2/c1-2-3-8-19-11-13(9-15(19)20)16(21)18-14-6-4-12(10-17)5-7-14/h4-7,13H,2-3,8-9,11H2,1H3,(H,18,21). The fourth-order valence-corrected chi connectivity index (χ4v) is 2.39. The summed E-state index contributed by atoms with van der Waals surface area (Å²) in [6.45, 7) is 3.31. The molecule has 5 nitrogen and oxygen atoms in total. The Morgan fingerprint density at radius 3 is 2.76 bits per heavy atom. The molecule has 1 unspecified atom stereocenters. The number of carbonyl (C=O) groups is 2. The van der Waals surface area contributed by atoms with Crippen molar-refractivity contribution in [2.45, 2.75) is 26.2 Å². The van der Waals surface area contributed by atoms with Gasteiger partial charge in [-0.05, 0) is 30.7 Å². The summed E-state index contributed by atoms with van der Waals surface area (Å²) in [6, 6.07) is 8.73. The maximum atomic E-state index is 12.2. The zero-order valence-corrected chi connectivity index (χ0v) is 12.1. The maximum absolute atomic E-state index is 12.2. The summed E-state index contributed by atoms with van der Waals surface area (Å²) in [7, 11) is 0. The first-order valence-corrected chi connectivity index (χ1v) is 7.23. The second kappa shape index (κ2) is 6.89. The minimum Gasteiger partial charge on any atom is -0.342 e. The van der Waals surface area contributed by atoms with Crippen molar-refractivity contribution in [2.24, 2.45) is 5.92 Å². The molecule has 1 aliphatic heterocycles. The van der Waals surface area contributed by atoms with E-state index >= 15 is 0 Å². The highest BCUT2D eigenvalue weighted by atomic mass is 16.2. The van der Waals surface area contributed by atoms with Gasteiger partial charge in [0.2, 0.25) is 11.8 Å². The SMILES string of the molecule is CCCCN1CC(C(=O)Nc2ccc(C#N)cc2)CC1=O. The number of nitriles is 1. The summed E-state index contributed by atoms with van der Waals surface area (Å²) in [6.07, 6.45) is 2.29. The van der Waals surface area contributed by atoms with Gasteiger partial charge in [0.15, 0.2) is 0 Å². The summed E-state index contributed by atoms with van der Waals surface area (Å²) in [5.41, 5.74) is 1.20. The fraction of sp³-hybridized carbons (Fsp3) is 0.438. The molecule has 0 aliphatic carbocycles. The van der Waals surface area contributed by atoms with E-state index in [2.05, 4.69) is 12.2 Å². The third-order valence-corrected chi connectivity index (χ3v) is 3.65. The first-order chi connectivity index (χ1) is 10.1.